The Bertz CT molecular complexity index is 739. The van der Waals surface area contributed by atoms with Gasteiger partial charge in [0.1, 0.15) is 11.4 Å². The summed E-state index contributed by atoms with van der Waals surface area (Å²) in [5.74, 6) is 1.14. The zero-order chi connectivity index (χ0) is 23.5. The number of carbonyl (C=O) groups is 2. The lowest BCUT2D eigenvalue weighted by Gasteiger charge is -2.27. The molecule has 1 aromatic rings. The summed E-state index contributed by atoms with van der Waals surface area (Å²) in [4.78, 5) is 28.7. The van der Waals surface area contributed by atoms with Crippen molar-refractivity contribution in [1.29, 1.82) is 0 Å². The van der Waals surface area contributed by atoms with Crippen molar-refractivity contribution in [3.8, 4) is 5.75 Å². The van der Waals surface area contributed by atoms with Crippen LogP contribution in [0.5, 0.6) is 5.75 Å². The number of carbonyl (C=O) groups excluding carboxylic acids is 2. The van der Waals surface area contributed by atoms with Crippen LogP contribution in [0.1, 0.15) is 51.9 Å². The fourth-order valence-electron chi connectivity index (χ4n) is 2.44. The van der Waals surface area contributed by atoms with Gasteiger partial charge in [0.2, 0.25) is 0 Å². The molecule has 1 rings (SSSR count). The first kappa shape index (κ1) is 26.1. The molecule has 174 valence electrons. The van der Waals surface area contributed by atoms with Crippen LogP contribution in [0.4, 0.5) is 4.79 Å². The number of aliphatic imine (C=N–C) groups is 1. The number of amides is 2. The van der Waals surface area contributed by atoms with Crippen LogP contribution in [0, 0.1) is 0 Å². The monoisotopic (exact) mass is 435 g/mol. The van der Waals surface area contributed by atoms with E-state index in [1.165, 1.54) is 0 Å². The summed E-state index contributed by atoms with van der Waals surface area (Å²) in [6.45, 7) is 13.1. The molecule has 0 spiro atoms. The van der Waals surface area contributed by atoms with Crippen LogP contribution in [0.15, 0.2) is 29.3 Å². The molecule has 0 bridgehead atoms. The normalized spacial score (nSPS) is 12.0. The van der Waals surface area contributed by atoms with Crippen molar-refractivity contribution >= 4 is 18.0 Å². The average molecular weight is 436 g/mol. The highest BCUT2D eigenvalue weighted by molar-refractivity contribution is 5.94. The standard InChI is InChI=1S/C22H37N5O4/c1-8-23-19(26-15-22(5,6)27-20(29)31-21(2,3)4)25-14-13-24-18(28)16-9-11-17(30-7)12-10-16/h9-12H,8,13-15H2,1-7H3,(H,24,28)(H,27,29)(H2,23,25,26). The molecule has 1 aromatic carbocycles. The van der Waals surface area contributed by atoms with E-state index < -0.39 is 17.2 Å². The van der Waals surface area contributed by atoms with E-state index >= 15 is 0 Å². The summed E-state index contributed by atoms with van der Waals surface area (Å²) >= 11 is 0. The van der Waals surface area contributed by atoms with E-state index in [0.29, 0.717) is 43.5 Å². The second-order valence-electron chi connectivity index (χ2n) is 8.62. The highest BCUT2D eigenvalue weighted by Gasteiger charge is 2.24. The molecule has 0 aliphatic heterocycles. The fraction of sp³-hybridized carbons (Fsp3) is 0.591. The topological polar surface area (TPSA) is 113 Å². The van der Waals surface area contributed by atoms with Crippen molar-refractivity contribution in [3.05, 3.63) is 29.8 Å². The SMILES string of the molecule is CCNC(=NCC(C)(C)NC(=O)OC(C)(C)C)NCCNC(=O)c1ccc(OC)cc1. The molecular formula is C22H37N5O4. The predicted octanol–water partition coefficient (Wildman–Crippen LogP) is 2.28. The van der Waals surface area contributed by atoms with Crippen LogP contribution in [0.3, 0.4) is 0 Å². The number of benzene rings is 1. The Labute approximate surface area is 185 Å². The van der Waals surface area contributed by atoms with Gasteiger partial charge in [0.25, 0.3) is 5.91 Å². The van der Waals surface area contributed by atoms with E-state index in [2.05, 4.69) is 26.3 Å². The van der Waals surface area contributed by atoms with Gasteiger partial charge in [-0.3, -0.25) is 9.79 Å². The second-order valence-corrected chi connectivity index (χ2v) is 8.62. The maximum Gasteiger partial charge on any atom is 0.408 e. The minimum atomic E-state index is -0.590. The van der Waals surface area contributed by atoms with Crippen molar-refractivity contribution in [1.82, 2.24) is 21.3 Å². The van der Waals surface area contributed by atoms with Crippen LogP contribution in [-0.2, 0) is 4.74 Å². The third-order valence-electron chi connectivity index (χ3n) is 3.87. The predicted molar refractivity (Wildman–Crippen MR) is 123 cm³/mol. The van der Waals surface area contributed by atoms with E-state index in [1.54, 1.807) is 31.4 Å². The Balaban J connectivity index is 2.50. The van der Waals surface area contributed by atoms with Gasteiger partial charge in [-0.2, -0.15) is 0 Å². The lowest BCUT2D eigenvalue weighted by molar-refractivity contribution is 0.0476. The first-order valence-electron chi connectivity index (χ1n) is 10.4. The number of hydrogen-bond acceptors (Lipinski definition) is 5. The van der Waals surface area contributed by atoms with Crippen LogP contribution in [-0.4, -0.2) is 62.4 Å². The first-order chi connectivity index (χ1) is 14.5. The van der Waals surface area contributed by atoms with E-state index in [9.17, 15) is 9.59 Å². The molecule has 0 aliphatic rings. The Morgan fingerprint density at radius 2 is 1.58 bits per heavy atom. The molecule has 0 fully saturated rings. The number of alkyl carbamates (subject to hydrolysis) is 1. The highest BCUT2D eigenvalue weighted by Crippen LogP contribution is 2.11. The minimum absolute atomic E-state index is 0.158. The van der Waals surface area contributed by atoms with Gasteiger partial charge in [0.05, 0.1) is 19.2 Å². The van der Waals surface area contributed by atoms with Crippen LogP contribution in [0.25, 0.3) is 0 Å². The zero-order valence-electron chi connectivity index (χ0n) is 19.7. The minimum Gasteiger partial charge on any atom is -0.497 e. The molecule has 0 saturated heterocycles. The Hall–Kier alpha value is -2.97. The van der Waals surface area contributed by atoms with Gasteiger partial charge >= 0.3 is 6.09 Å². The highest BCUT2D eigenvalue weighted by atomic mass is 16.6. The maximum atomic E-state index is 12.2. The Morgan fingerprint density at radius 1 is 0.968 bits per heavy atom. The molecule has 2 amide bonds. The lowest BCUT2D eigenvalue weighted by Crippen LogP contribution is -2.49. The number of guanidine groups is 1. The summed E-state index contributed by atoms with van der Waals surface area (Å²) in [5, 5.41) is 12.0. The molecule has 0 aliphatic carbocycles. The van der Waals surface area contributed by atoms with E-state index in [4.69, 9.17) is 9.47 Å². The van der Waals surface area contributed by atoms with Crippen molar-refractivity contribution in [2.45, 2.75) is 52.7 Å². The van der Waals surface area contributed by atoms with Crippen LogP contribution < -0.4 is 26.0 Å². The van der Waals surface area contributed by atoms with Gasteiger partial charge < -0.3 is 30.7 Å². The van der Waals surface area contributed by atoms with Crippen molar-refractivity contribution in [3.63, 3.8) is 0 Å². The summed E-state index contributed by atoms with van der Waals surface area (Å²) in [6.07, 6.45) is -0.480. The summed E-state index contributed by atoms with van der Waals surface area (Å²) < 4.78 is 10.4. The molecule has 0 radical (unpaired) electrons. The summed E-state index contributed by atoms with van der Waals surface area (Å²) in [5.41, 5.74) is -0.583. The van der Waals surface area contributed by atoms with Crippen molar-refractivity contribution < 1.29 is 19.1 Å². The van der Waals surface area contributed by atoms with Gasteiger partial charge in [-0.15, -0.1) is 0 Å². The number of methoxy groups -OCH3 is 1. The lowest BCUT2D eigenvalue weighted by atomic mass is 10.1. The zero-order valence-corrected chi connectivity index (χ0v) is 19.7. The number of nitrogens with one attached hydrogen (secondary N) is 4. The van der Waals surface area contributed by atoms with E-state index in [1.807, 2.05) is 41.5 Å². The Morgan fingerprint density at radius 3 is 2.13 bits per heavy atom. The van der Waals surface area contributed by atoms with Gasteiger partial charge in [0, 0.05) is 25.2 Å². The third-order valence-corrected chi connectivity index (χ3v) is 3.87. The first-order valence-corrected chi connectivity index (χ1v) is 10.4. The van der Waals surface area contributed by atoms with Crippen LogP contribution >= 0.6 is 0 Å². The number of nitrogens with zero attached hydrogens (tertiary/aromatic N) is 1. The molecule has 9 heteroatoms. The van der Waals surface area contributed by atoms with Gasteiger partial charge in [-0.05, 0) is 65.8 Å². The molecule has 0 saturated carbocycles. The molecule has 9 nitrogen and oxygen atoms in total. The molecule has 0 heterocycles. The fourth-order valence-corrected chi connectivity index (χ4v) is 2.44. The maximum absolute atomic E-state index is 12.2. The number of ether oxygens (including phenoxy) is 2. The summed E-state index contributed by atoms with van der Waals surface area (Å²) in [7, 11) is 1.58. The number of rotatable bonds is 9. The molecule has 31 heavy (non-hydrogen) atoms. The third kappa shape index (κ3) is 11.1. The van der Waals surface area contributed by atoms with Crippen molar-refractivity contribution in [2.24, 2.45) is 4.99 Å². The van der Waals surface area contributed by atoms with Crippen LogP contribution in [0.2, 0.25) is 0 Å². The molecule has 0 aromatic heterocycles. The second kappa shape index (κ2) is 12.0. The van der Waals surface area contributed by atoms with E-state index in [-0.39, 0.29) is 5.91 Å². The van der Waals surface area contributed by atoms with Crippen molar-refractivity contribution in [2.75, 3.05) is 33.3 Å². The van der Waals surface area contributed by atoms with Gasteiger partial charge in [-0.25, -0.2) is 4.79 Å². The van der Waals surface area contributed by atoms with E-state index in [0.717, 1.165) is 0 Å². The molecule has 0 atom stereocenters. The smallest absolute Gasteiger partial charge is 0.408 e. The number of hydrogen-bond donors (Lipinski definition) is 4. The quantitative estimate of drug-likeness (QED) is 0.269. The van der Waals surface area contributed by atoms with Gasteiger partial charge in [-0.1, -0.05) is 0 Å². The average Bonchev–Trinajstić information content (AvgIpc) is 2.67. The summed E-state index contributed by atoms with van der Waals surface area (Å²) in [6, 6.07) is 6.92. The largest absolute Gasteiger partial charge is 0.497 e. The molecule has 0 unspecified atom stereocenters. The van der Waals surface area contributed by atoms with Gasteiger partial charge in [0.15, 0.2) is 5.96 Å². The molecular weight excluding hydrogens is 398 g/mol. The molecule has 4 N–H and O–H groups in total. The Kier molecular flexibility index (Phi) is 10.1.